The molecule has 49 valence electrons. The maximum Gasteiger partial charge on any atom is 0.0832 e. The van der Waals surface area contributed by atoms with Gasteiger partial charge in [-0.3, -0.25) is 0 Å². The number of hydrogen-bond acceptors (Lipinski definition) is 1. The lowest BCUT2D eigenvalue weighted by atomic mass is 10.2. The number of ether oxygens (including phenoxy) is 1. The third-order valence-corrected chi connectivity index (χ3v) is 1.09. The van der Waals surface area contributed by atoms with E-state index >= 15 is 0 Å². The minimum atomic E-state index is 1.10. The fourth-order valence-electron chi connectivity index (χ4n) is 0.596. The number of unbranched alkanes of at least 4 members (excludes halogenated alkanes) is 3. The van der Waals surface area contributed by atoms with Gasteiger partial charge in [0.1, 0.15) is 0 Å². The highest BCUT2D eigenvalue weighted by atomic mass is 16.5. The van der Waals surface area contributed by atoms with E-state index < -0.39 is 0 Å². The molecular formula is C7H15O. The predicted molar refractivity (Wildman–Crippen MR) is 35.5 cm³/mol. The van der Waals surface area contributed by atoms with Crippen LogP contribution in [-0.4, -0.2) is 7.11 Å². The van der Waals surface area contributed by atoms with Gasteiger partial charge in [0.05, 0.1) is 6.61 Å². The summed E-state index contributed by atoms with van der Waals surface area (Å²) in [4.78, 5) is 0. The Kier molecular flexibility index (Phi) is 6.93. The highest BCUT2D eigenvalue weighted by Gasteiger charge is 1.84. The number of methoxy groups -OCH3 is 1. The molecule has 0 aromatic carbocycles. The van der Waals surface area contributed by atoms with Gasteiger partial charge >= 0.3 is 0 Å². The van der Waals surface area contributed by atoms with Crippen LogP contribution < -0.4 is 0 Å². The van der Waals surface area contributed by atoms with E-state index in [0.29, 0.717) is 0 Å². The number of hydrogen-bond donors (Lipinski definition) is 0. The Morgan fingerprint density at radius 1 is 1.38 bits per heavy atom. The van der Waals surface area contributed by atoms with Crippen molar-refractivity contribution in [1.29, 1.82) is 0 Å². The van der Waals surface area contributed by atoms with Gasteiger partial charge in [-0.2, -0.15) is 0 Å². The van der Waals surface area contributed by atoms with Crippen LogP contribution in [0.3, 0.4) is 0 Å². The number of rotatable bonds is 5. The van der Waals surface area contributed by atoms with E-state index in [1.165, 1.54) is 19.3 Å². The lowest BCUT2D eigenvalue weighted by Gasteiger charge is -1.94. The maximum absolute atomic E-state index is 4.76. The zero-order valence-electron chi connectivity index (χ0n) is 5.81. The van der Waals surface area contributed by atoms with Crippen molar-refractivity contribution < 1.29 is 4.74 Å². The van der Waals surface area contributed by atoms with Crippen molar-refractivity contribution in [1.82, 2.24) is 0 Å². The van der Waals surface area contributed by atoms with E-state index in [9.17, 15) is 0 Å². The fraction of sp³-hybridized carbons (Fsp3) is 0.857. The summed E-state index contributed by atoms with van der Waals surface area (Å²) in [6.45, 7) is 4.06. The van der Waals surface area contributed by atoms with Gasteiger partial charge in [-0.25, -0.2) is 0 Å². The lowest BCUT2D eigenvalue weighted by Crippen LogP contribution is -1.79. The Labute approximate surface area is 52.0 Å². The highest BCUT2D eigenvalue weighted by Crippen LogP contribution is 2.00. The summed E-state index contributed by atoms with van der Waals surface area (Å²) in [6.07, 6.45) is 4.98. The van der Waals surface area contributed by atoms with Crippen LogP contribution in [0.15, 0.2) is 0 Å². The van der Waals surface area contributed by atoms with E-state index in [0.717, 1.165) is 6.42 Å². The Morgan fingerprint density at radius 2 is 2.12 bits per heavy atom. The molecule has 0 spiro atoms. The molecule has 0 N–H and O–H groups in total. The van der Waals surface area contributed by atoms with Gasteiger partial charge in [0.25, 0.3) is 0 Å². The standard InChI is InChI=1S/C7H15O/c1-3-4-5-6-7-8-2/h7H,3-6H2,1-2H3. The van der Waals surface area contributed by atoms with Gasteiger partial charge < -0.3 is 4.74 Å². The molecule has 0 aliphatic heterocycles. The third kappa shape index (κ3) is 5.96. The summed E-state index contributed by atoms with van der Waals surface area (Å²) in [5, 5.41) is 0. The zero-order valence-corrected chi connectivity index (χ0v) is 5.81. The summed E-state index contributed by atoms with van der Waals surface area (Å²) in [5.41, 5.74) is 0. The van der Waals surface area contributed by atoms with Gasteiger partial charge in [0, 0.05) is 7.11 Å². The molecule has 0 rings (SSSR count). The van der Waals surface area contributed by atoms with Crippen LogP contribution in [-0.2, 0) is 4.74 Å². The molecule has 1 nitrogen and oxygen atoms in total. The smallest absolute Gasteiger partial charge is 0.0832 e. The van der Waals surface area contributed by atoms with Crippen LogP contribution in [0.5, 0.6) is 0 Å². The second kappa shape index (κ2) is 6.96. The second-order valence-corrected chi connectivity index (χ2v) is 1.90. The second-order valence-electron chi connectivity index (χ2n) is 1.90. The van der Waals surface area contributed by atoms with E-state index in [2.05, 4.69) is 6.92 Å². The first-order valence-corrected chi connectivity index (χ1v) is 3.26. The van der Waals surface area contributed by atoms with E-state index in [1.54, 1.807) is 7.11 Å². The summed E-state index contributed by atoms with van der Waals surface area (Å²) in [5.74, 6) is 0. The molecule has 0 unspecified atom stereocenters. The summed E-state index contributed by atoms with van der Waals surface area (Å²) < 4.78 is 4.76. The monoisotopic (exact) mass is 115 g/mol. The van der Waals surface area contributed by atoms with Crippen molar-refractivity contribution in [3.8, 4) is 0 Å². The van der Waals surface area contributed by atoms with E-state index in [4.69, 9.17) is 4.74 Å². The van der Waals surface area contributed by atoms with Gasteiger partial charge in [0.15, 0.2) is 0 Å². The van der Waals surface area contributed by atoms with Gasteiger partial charge in [-0.15, -0.1) is 0 Å². The molecule has 0 saturated carbocycles. The first kappa shape index (κ1) is 7.96. The predicted octanol–water partition coefficient (Wildman–Crippen LogP) is 2.37. The normalized spacial score (nSPS) is 9.75. The molecule has 0 aliphatic carbocycles. The fourth-order valence-corrected chi connectivity index (χ4v) is 0.596. The Morgan fingerprint density at radius 3 is 2.62 bits per heavy atom. The Balaban J connectivity index is 2.53. The molecule has 0 fully saturated rings. The molecule has 0 aliphatic rings. The molecule has 0 amide bonds. The zero-order chi connectivity index (χ0) is 6.24. The molecule has 0 aromatic rings. The topological polar surface area (TPSA) is 9.23 Å². The average molecular weight is 115 g/mol. The Bertz CT molecular complexity index is 29.4. The van der Waals surface area contributed by atoms with E-state index in [-0.39, 0.29) is 0 Å². The van der Waals surface area contributed by atoms with Crippen molar-refractivity contribution in [3.05, 3.63) is 6.61 Å². The van der Waals surface area contributed by atoms with E-state index in [1.807, 2.05) is 6.61 Å². The molecule has 1 radical (unpaired) electrons. The Hall–Kier alpha value is -0.0400. The average Bonchev–Trinajstić information content (AvgIpc) is 1.81. The van der Waals surface area contributed by atoms with Crippen molar-refractivity contribution in [2.45, 2.75) is 32.6 Å². The quantitative estimate of drug-likeness (QED) is 0.500. The summed E-state index contributed by atoms with van der Waals surface area (Å²) >= 11 is 0. The summed E-state index contributed by atoms with van der Waals surface area (Å²) in [7, 11) is 1.70. The SMILES string of the molecule is CCCCC[CH]OC. The van der Waals surface area contributed by atoms with Crippen LogP contribution in [0, 0.1) is 6.61 Å². The van der Waals surface area contributed by atoms with Crippen molar-refractivity contribution in [2.24, 2.45) is 0 Å². The third-order valence-electron chi connectivity index (χ3n) is 1.09. The highest BCUT2D eigenvalue weighted by molar-refractivity contribution is 4.48. The van der Waals surface area contributed by atoms with Crippen LogP contribution in [0.4, 0.5) is 0 Å². The van der Waals surface area contributed by atoms with Crippen LogP contribution in [0.2, 0.25) is 0 Å². The minimum Gasteiger partial charge on any atom is -0.379 e. The molecule has 0 atom stereocenters. The van der Waals surface area contributed by atoms with Gasteiger partial charge in [0.2, 0.25) is 0 Å². The largest absolute Gasteiger partial charge is 0.379 e. The lowest BCUT2D eigenvalue weighted by molar-refractivity contribution is 0.262. The molecule has 0 bridgehead atoms. The van der Waals surface area contributed by atoms with Gasteiger partial charge in [-0.1, -0.05) is 26.2 Å². The maximum atomic E-state index is 4.76. The van der Waals surface area contributed by atoms with Crippen molar-refractivity contribution >= 4 is 0 Å². The van der Waals surface area contributed by atoms with Crippen LogP contribution in [0.1, 0.15) is 32.6 Å². The molecule has 0 heterocycles. The molecule has 0 aromatic heterocycles. The molecule has 8 heavy (non-hydrogen) atoms. The summed E-state index contributed by atoms with van der Waals surface area (Å²) in [6, 6.07) is 0. The molecule has 0 saturated heterocycles. The molecular weight excluding hydrogens is 100 g/mol. The first-order chi connectivity index (χ1) is 3.91. The van der Waals surface area contributed by atoms with Crippen molar-refractivity contribution in [3.63, 3.8) is 0 Å². The minimum absolute atomic E-state index is 1.10. The van der Waals surface area contributed by atoms with Crippen molar-refractivity contribution in [2.75, 3.05) is 7.11 Å². The van der Waals surface area contributed by atoms with Crippen LogP contribution in [0.25, 0.3) is 0 Å². The van der Waals surface area contributed by atoms with Crippen LogP contribution >= 0.6 is 0 Å². The first-order valence-electron chi connectivity index (χ1n) is 3.26. The van der Waals surface area contributed by atoms with Gasteiger partial charge in [-0.05, 0) is 6.42 Å². The molecule has 1 heteroatoms.